The lowest BCUT2D eigenvalue weighted by Gasteiger charge is -2.05. The maximum Gasteiger partial charge on any atom is 0.338 e. The first kappa shape index (κ1) is 13.3. The first-order chi connectivity index (χ1) is 8.54. The highest BCUT2D eigenvalue weighted by Gasteiger charge is 2.21. The van der Waals surface area contributed by atoms with Crippen LogP contribution in [0.5, 0.6) is 0 Å². The van der Waals surface area contributed by atoms with Crippen LogP contribution in [0.25, 0.3) is 0 Å². The van der Waals surface area contributed by atoms with Crippen molar-refractivity contribution in [1.29, 1.82) is 5.26 Å². The predicted molar refractivity (Wildman–Crippen MR) is 59.2 cm³/mol. The summed E-state index contributed by atoms with van der Waals surface area (Å²) in [6.45, 7) is 1.67. The Morgan fingerprint density at radius 2 is 2.28 bits per heavy atom. The third-order valence-electron chi connectivity index (χ3n) is 2.11. The van der Waals surface area contributed by atoms with E-state index in [1.807, 2.05) is 0 Å². The number of nitriles is 1. The number of hydrogen-bond acceptors (Lipinski definition) is 6. The van der Waals surface area contributed by atoms with Crippen molar-refractivity contribution >= 4 is 17.9 Å². The van der Waals surface area contributed by atoms with Crippen molar-refractivity contribution in [2.75, 3.05) is 6.61 Å². The molecule has 1 aromatic rings. The molecule has 0 atom stereocenters. The van der Waals surface area contributed by atoms with E-state index in [0.29, 0.717) is 6.29 Å². The van der Waals surface area contributed by atoms with E-state index in [1.165, 1.54) is 0 Å². The Morgan fingerprint density at radius 1 is 1.61 bits per heavy atom. The third-order valence-corrected chi connectivity index (χ3v) is 2.11. The number of benzene rings is 1. The maximum atomic E-state index is 11.5. The van der Waals surface area contributed by atoms with Crippen LogP contribution in [0.15, 0.2) is 12.1 Å². The third kappa shape index (κ3) is 2.49. The highest BCUT2D eigenvalue weighted by Crippen LogP contribution is 2.23. The summed E-state index contributed by atoms with van der Waals surface area (Å²) in [6.07, 6.45) is 0.306. The molecule has 0 spiro atoms. The predicted octanol–water partition coefficient (Wildman–Crippen LogP) is 1.46. The lowest BCUT2D eigenvalue weighted by Crippen LogP contribution is -2.09. The zero-order chi connectivity index (χ0) is 13.7. The number of nitrogens with zero attached hydrogens (tertiary/aromatic N) is 2. The Morgan fingerprint density at radius 3 is 2.72 bits per heavy atom. The molecule has 7 heteroatoms. The van der Waals surface area contributed by atoms with Gasteiger partial charge in [-0.3, -0.25) is 14.9 Å². The van der Waals surface area contributed by atoms with Gasteiger partial charge in [0.15, 0.2) is 6.29 Å². The van der Waals surface area contributed by atoms with Crippen LogP contribution in [0, 0.1) is 21.4 Å². The molecule has 1 aromatic carbocycles. The van der Waals surface area contributed by atoms with Crippen LogP contribution < -0.4 is 0 Å². The van der Waals surface area contributed by atoms with Crippen molar-refractivity contribution in [2.24, 2.45) is 0 Å². The van der Waals surface area contributed by atoms with E-state index >= 15 is 0 Å². The number of nitro groups is 1. The van der Waals surface area contributed by atoms with E-state index in [1.54, 1.807) is 13.0 Å². The molecule has 18 heavy (non-hydrogen) atoms. The van der Waals surface area contributed by atoms with Crippen molar-refractivity contribution in [3.8, 4) is 6.07 Å². The summed E-state index contributed by atoms with van der Waals surface area (Å²) in [5.41, 5.74) is -1.16. The molecule has 0 aromatic heterocycles. The minimum Gasteiger partial charge on any atom is -0.462 e. The molecule has 0 heterocycles. The van der Waals surface area contributed by atoms with Gasteiger partial charge in [0.25, 0.3) is 5.69 Å². The molecule has 0 amide bonds. The van der Waals surface area contributed by atoms with Gasteiger partial charge in [0.1, 0.15) is 11.6 Å². The van der Waals surface area contributed by atoms with E-state index in [4.69, 9.17) is 10.00 Å². The van der Waals surface area contributed by atoms with Crippen LogP contribution in [0.1, 0.15) is 33.2 Å². The number of carbonyl (C=O) groups is 2. The number of nitro benzene ring substituents is 1. The summed E-state index contributed by atoms with van der Waals surface area (Å²) in [4.78, 5) is 32.2. The topological polar surface area (TPSA) is 110 Å². The van der Waals surface area contributed by atoms with Gasteiger partial charge in [0.05, 0.1) is 17.1 Å². The second-order valence-electron chi connectivity index (χ2n) is 3.16. The van der Waals surface area contributed by atoms with E-state index in [9.17, 15) is 19.7 Å². The van der Waals surface area contributed by atoms with Gasteiger partial charge in [0.2, 0.25) is 0 Å². The molecule has 92 valence electrons. The second-order valence-corrected chi connectivity index (χ2v) is 3.16. The Labute approximate surface area is 102 Å². The average molecular weight is 248 g/mol. The summed E-state index contributed by atoms with van der Waals surface area (Å²) in [5, 5.41) is 19.5. The van der Waals surface area contributed by atoms with Crippen molar-refractivity contribution in [1.82, 2.24) is 0 Å². The summed E-state index contributed by atoms with van der Waals surface area (Å²) in [5.74, 6) is -0.800. The van der Waals surface area contributed by atoms with Gasteiger partial charge in [-0.25, -0.2) is 4.79 Å². The van der Waals surface area contributed by atoms with Crippen LogP contribution in [-0.4, -0.2) is 23.8 Å². The molecule has 0 aliphatic carbocycles. The number of aldehydes is 1. The van der Waals surface area contributed by atoms with Crippen LogP contribution in [0.2, 0.25) is 0 Å². The Hall–Kier alpha value is -2.75. The van der Waals surface area contributed by atoms with Crippen LogP contribution in [-0.2, 0) is 4.74 Å². The largest absolute Gasteiger partial charge is 0.462 e. The molecular formula is C11H8N2O5. The van der Waals surface area contributed by atoms with Crippen LogP contribution in [0.4, 0.5) is 5.69 Å². The van der Waals surface area contributed by atoms with Gasteiger partial charge in [-0.1, -0.05) is 0 Å². The van der Waals surface area contributed by atoms with E-state index < -0.39 is 16.6 Å². The number of carbonyl (C=O) groups excluding carboxylic acids is 2. The first-order valence-electron chi connectivity index (χ1n) is 4.90. The first-order valence-corrected chi connectivity index (χ1v) is 4.90. The molecule has 0 bridgehead atoms. The molecule has 0 N–H and O–H groups in total. The molecule has 0 fully saturated rings. The monoisotopic (exact) mass is 248 g/mol. The maximum absolute atomic E-state index is 11.5. The van der Waals surface area contributed by atoms with Crippen LogP contribution in [0.3, 0.4) is 0 Å². The highest BCUT2D eigenvalue weighted by molar-refractivity contribution is 5.99. The number of hydrogen-bond donors (Lipinski definition) is 0. The quantitative estimate of drug-likeness (QED) is 0.345. The normalized spacial score (nSPS) is 9.33. The number of esters is 1. The lowest BCUT2D eigenvalue weighted by atomic mass is 10.0. The summed E-state index contributed by atoms with van der Waals surface area (Å²) in [7, 11) is 0. The Bertz CT molecular complexity index is 559. The molecule has 0 aliphatic rings. The second kappa shape index (κ2) is 5.54. The van der Waals surface area contributed by atoms with Crippen molar-refractivity contribution in [3.05, 3.63) is 38.9 Å². The number of ether oxygens (including phenoxy) is 1. The summed E-state index contributed by atoms with van der Waals surface area (Å²) >= 11 is 0. The number of rotatable bonds is 4. The zero-order valence-electron chi connectivity index (χ0n) is 9.37. The average Bonchev–Trinajstić information content (AvgIpc) is 2.37. The van der Waals surface area contributed by atoms with Gasteiger partial charge in [-0.05, 0) is 13.0 Å². The SMILES string of the molecule is CCOC(=O)c1cc(C#N)c([N+](=O)[O-])cc1C=O. The Kier molecular flexibility index (Phi) is 4.10. The fourth-order valence-corrected chi connectivity index (χ4v) is 1.33. The molecule has 0 unspecified atom stereocenters. The molecule has 7 nitrogen and oxygen atoms in total. The van der Waals surface area contributed by atoms with Gasteiger partial charge < -0.3 is 4.74 Å². The summed E-state index contributed by atoms with van der Waals surface area (Å²) < 4.78 is 4.69. The van der Waals surface area contributed by atoms with Gasteiger partial charge in [-0.2, -0.15) is 5.26 Å². The molecule has 0 saturated carbocycles. The zero-order valence-corrected chi connectivity index (χ0v) is 9.37. The van der Waals surface area contributed by atoms with E-state index in [2.05, 4.69) is 0 Å². The molecule has 0 radical (unpaired) electrons. The van der Waals surface area contributed by atoms with Crippen molar-refractivity contribution in [2.45, 2.75) is 6.92 Å². The van der Waals surface area contributed by atoms with Gasteiger partial charge >= 0.3 is 5.97 Å². The minimum absolute atomic E-state index is 0.0933. The van der Waals surface area contributed by atoms with E-state index in [0.717, 1.165) is 12.1 Å². The Balaban J connectivity index is 3.45. The molecular weight excluding hydrogens is 240 g/mol. The fourth-order valence-electron chi connectivity index (χ4n) is 1.33. The molecule has 1 rings (SSSR count). The lowest BCUT2D eigenvalue weighted by molar-refractivity contribution is -0.385. The summed E-state index contributed by atoms with van der Waals surface area (Å²) in [6, 6.07) is 3.47. The van der Waals surface area contributed by atoms with Crippen molar-refractivity contribution < 1.29 is 19.2 Å². The van der Waals surface area contributed by atoms with Gasteiger partial charge in [0, 0.05) is 11.6 Å². The van der Waals surface area contributed by atoms with E-state index in [-0.39, 0.29) is 23.3 Å². The smallest absolute Gasteiger partial charge is 0.338 e. The standard InChI is InChI=1S/C11H8N2O5/c1-2-18-11(15)9-3-7(5-12)10(13(16)17)4-8(9)6-14/h3-4,6H,2H2,1H3. The van der Waals surface area contributed by atoms with Crippen LogP contribution >= 0.6 is 0 Å². The van der Waals surface area contributed by atoms with Crippen molar-refractivity contribution in [3.63, 3.8) is 0 Å². The fraction of sp³-hybridized carbons (Fsp3) is 0.182. The molecule has 0 saturated heterocycles. The molecule has 0 aliphatic heterocycles. The highest BCUT2D eigenvalue weighted by atomic mass is 16.6. The minimum atomic E-state index is -0.800. The van der Waals surface area contributed by atoms with Gasteiger partial charge in [-0.15, -0.1) is 0 Å².